The Morgan fingerprint density at radius 1 is 0.939 bits per heavy atom. The third kappa shape index (κ3) is 2.67. The summed E-state index contributed by atoms with van der Waals surface area (Å²) in [7, 11) is 2.97. The van der Waals surface area contributed by atoms with Crippen molar-refractivity contribution in [3.63, 3.8) is 0 Å². The van der Waals surface area contributed by atoms with Crippen molar-refractivity contribution >= 4 is 5.90 Å². The van der Waals surface area contributed by atoms with Crippen LogP contribution in [-0.2, 0) is 15.3 Å². The van der Waals surface area contributed by atoms with E-state index in [1.54, 1.807) is 25.1 Å². The van der Waals surface area contributed by atoms with Crippen LogP contribution in [0.1, 0.15) is 29.7 Å². The highest BCUT2D eigenvalue weighted by Gasteiger charge is 2.79. The molecular weight excluding hydrogens is 420 g/mol. The van der Waals surface area contributed by atoms with Crippen LogP contribution in [0, 0.1) is 63.1 Å². The SMILES string of the molecule is COc1cc(OC)cc(C2OC3(c4ccc(C)cc4)OC(=N)C(C#N)(C3C)C2(C#N)C#N)c1. The number of nitrogens with zero attached hydrogens (tertiary/aromatic N) is 3. The molecular formula is C25H22N4O4. The van der Waals surface area contributed by atoms with Gasteiger partial charge in [0.2, 0.25) is 17.1 Å². The van der Waals surface area contributed by atoms with Gasteiger partial charge in [-0.1, -0.05) is 36.8 Å². The number of benzene rings is 2. The van der Waals surface area contributed by atoms with Gasteiger partial charge in [0.05, 0.1) is 38.3 Å². The molecule has 2 aromatic rings. The molecule has 2 fully saturated rings. The number of ether oxygens (including phenoxy) is 4. The third-order valence-corrected chi connectivity index (χ3v) is 6.80. The molecule has 0 amide bonds. The number of hydrogen-bond acceptors (Lipinski definition) is 8. The van der Waals surface area contributed by atoms with Crippen molar-refractivity contribution in [1.82, 2.24) is 0 Å². The second-order valence-electron chi connectivity index (χ2n) is 8.28. The topological polar surface area (TPSA) is 132 Å². The van der Waals surface area contributed by atoms with Crippen molar-refractivity contribution in [3.8, 4) is 29.7 Å². The Morgan fingerprint density at radius 2 is 1.52 bits per heavy atom. The Bertz CT molecular complexity index is 1220. The van der Waals surface area contributed by atoms with Gasteiger partial charge in [-0.25, -0.2) is 0 Å². The van der Waals surface area contributed by atoms with Crippen LogP contribution >= 0.6 is 0 Å². The van der Waals surface area contributed by atoms with Gasteiger partial charge in [-0.05, 0) is 24.6 Å². The number of hydrogen-bond donors (Lipinski definition) is 1. The molecule has 8 heteroatoms. The molecule has 4 atom stereocenters. The average Bonchev–Trinajstić information content (AvgIpc) is 3.00. The maximum Gasteiger partial charge on any atom is 0.244 e. The zero-order chi connectivity index (χ0) is 24.0. The van der Waals surface area contributed by atoms with Crippen molar-refractivity contribution < 1.29 is 18.9 Å². The van der Waals surface area contributed by atoms with E-state index >= 15 is 0 Å². The molecule has 166 valence electrons. The van der Waals surface area contributed by atoms with Crippen molar-refractivity contribution in [2.45, 2.75) is 25.7 Å². The minimum absolute atomic E-state index is 0.399. The fourth-order valence-corrected chi connectivity index (χ4v) is 4.94. The molecule has 2 bridgehead atoms. The summed E-state index contributed by atoms with van der Waals surface area (Å²) in [6.07, 6.45) is -1.24. The van der Waals surface area contributed by atoms with Gasteiger partial charge in [-0.2, -0.15) is 15.8 Å². The summed E-state index contributed by atoms with van der Waals surface area (Å²) in [5.41, 5.74) is -1.95. The van der Waals surface area contributed by atoms with E-state index in [1.807, 2.05) is 43.3 Å². The van der Waals surface area contributed by atoms with Gasteiger partial charge in [0, 0.05) is 11.6 Å². The summed E-state index contributed by atoms with van der Waals surface area (Å²) in [6.45, 7) is 3.61. The normalized spacial score (nSPS) is 29.2. The van der Waals surface area contributed by atoms with Crippen molar-refractivity contribution in [1.29, 1.82) is 21.2 Å². The van der Waals surface area contributed by atoms with Crippen LogP contribution in [0.2, 0.25) is 0 Å². The van der Waals surface area contributed by atoms with E-state index in [-0.39, 0.29) is 0 Å². The second kappa shape index (κ2) is 7.52. The monoisotopic (exact) mass is 442 g/mol. The van der Waals surface area contributed by atoms with Gasteiger partial charge in [0.15, 0.2) is 5.41 Å². The van der Waals surface area contributed by atoms with Crippen LogP contribution in [0.15, 0.2) is 42.5 Å². The van der Waals surface area contributed by atoms with E-state index < -0.39 is 34.5 Å². The fraction of sp³-hybridized carbons (Fsp3) is 0.360. The highest BCUT2D eigenvalue weighted by atomic mass is 16.7. The minimum Gasteiger partial charge on any atom is -0.497 e. The molecule has 33 heavy (non-hydrogen) atoms. The zero-order valence-electron chi connectivity index (χ0n) is 18.7. The molecule has 2 aromatic carbocycles. The van der Waals surface area contributed by atoms with Gasteiger partial charge >= 0.3 is 0 Å². The predicted octanol–water partition coefficient (Wildman–Crippen LogP) is 4.12. The molecule has 2 saturated heterocycles. The van der Waals surface area contributed by atoms with Gasteiger partial charge in [0.1, 0.15) is 17.6 Å². The highest BCUT2D eigenvalue weighted by molar-refractivity contribution is 5.89. The first-order valence-electron chi connectivity index (χ1n) is 10.3. The number of rotatable bonds is 4. The number of methoxy groups -OCH3 is 2. The molecule has 0 saturated carbocycles. The number of nitrogens with one attached hydrogen (secondary N) is 1. The van der Waals surface area contributed by atoms with Gasteiger partial charge < -0.3 is 18.9 Å². The molecule has 1 N–H and O–H groups in total. The van der Waals surface area contributed by atoms with Crippen molar-refractivity contribution in [2.24, 2.45) is 16.7 Å². The molecule has 2 aliphatic rings. The molecule has 2 heterocycles. The highest BCUT2D eigenvalue weighted by Crippen LogP contribution is 2.69. The molecule has 0 radical (unpaired) electrons. The lowest BCUT2D eigenvalue weighted by atomic mass is 9.53. The van der Waals surface area contributed by atoms with Gasteiger partial charge in [0.25, 0.3) is 0 Å². The van der Waals surface area contributed by atoms with E-state index in [0.717, 1.165) is 5.56 Å². The van der Waals surface area contributed by atoms with Crippen molar-refractivity contribution in [2.75, 3.05) is 14.2 Å². The Hall–Kier alpha value is -4.06. The molecule has 2 aliphatic heterocycles. The summed E-state index contributed by atoms with van der Waals surface area (Å²) in [5, 5.41) is 39.8. The van der Waals surface area contributed by atoms with Gasteiger partial charge in [-0.3, -0.25) is 5.41 Å². The standard InChI is InChI=1S/C25H22N4O4/c1-15-5-7-18(8-6-15)25-16(2)24(14-28,22(29)33-25)23(12-26,13-27)21(32-25)17-9-19(30-3)11-20(10-17)31-4/h5-11,16,21,29H,1-4H3. The van der Waals surface area contributed by atoms with Crippen LogP contribution in [0.25, 0.3) is 0 Å². The summed E-state index contributed by atoms with van der Waals surface area (Å²) in [5.74, 6) is -1.98. The zero-order valence-corrected chi connectivity index (χ0v) is 18.7. The van der Waals surface area contributed by atoms with E-state index in [9.17, 15) is 15.8 Å². The predicted molar refractivity (Wildman–Crippen MR) is 116 cm³/mol. The molecule has 0 spiro atoms. The third-order valence-electron chi connectivity index (χ3n) is 6.80. The quantitative estimate of drug-likeness (QED) is 0.753. The van der Waals surface area contributed by atoms with E-state index in [2.05, 4.69) is 6.07 Å². The lowest BCUT2D eigenvalue weighted by Crippen LogP contribution is -2.57. The number of aryl methyl sites for hydroxylation is 1. The minimum atomic E-state index is -2.07. The Balaban J connectivity index is 2.05. The van der Waals surface area contributed by atoms with Crippen LogP contribution in [0.5, 0.6) is 11.5 Å². The van der Waals surface area contributed by atoms with Crippen LogP contribution in [0.4, 0.5) is 0 Å². The molecule has 0 aliphatic carbocycles. The fourth-order valence-electron chi connectivity index (χ4n) is 4.94. The summed E-state index contributed by atoms with van der Waals surface area (Å²) in [4.78, 5) is 0. The van der Waals surface area contributed by atoms with E-state index in [0.29, 0.717) is 22.6 Å². The largest absolute Gasteiger partial charge is 0.497 e. The second-order valence-corrected chi connectivity index (χ2v) is 8.28. The van der Waals surface area contributed by atoms with Crippen LogP contribution in [0.3, 0.4) is 0 Å². The first kappa shape index (κ1) is 22.1. The van der Waals surface area contributed by atoms with Crippen LogP contribution in [-0.4, -0.2) is 20.1 Å². The first-order chi connectivity index (χ1) is 15.8. The van der Waals surface area contributed by atoms with Crippen LogP contribution < -0.4 is 9.47 Å². The molecule has 0 aromatic heterocycles. The average molecular weight is 442 g/mol. The van der Waals surface area contributed by atoms with E-state index in [1.165, 1.54) is 14.2 Å². The maximum absolute atomic E-state index is 10.4. The molecule has 4 unspecified atom stereocenters. The summed E-state index contributed by atoms with van der Waals surface area (Å²) < 4.78 is 23.3. The smallest absolute Gasteiger partial charge is 0.244 e. The Kier molecular flexibility index (Phi) is 5.04. The molecule has 8 nitrogen and oxygen atoms in total. The van der Waals surface area contributed by atoms with Gasteiger partial charge in [-0.15, -0.1) is 0 Å². The number of nitriles is 3. The lowest BCUT2D eigenvalue weighted by Gasteiger charge is -2.48. The van der Waals surface area contributed by atoms with Crippen molar-refractivity contribution in [3.05, 3.63) is 59.2 Å². The first-order valence-corrected chi connectivity index (χ1v) is 10.3. The molecule has 4 rings (SSSR count). The summed E-state index contributed by atoms with van der Waals surface area (Å²) in [6, 6.07) is 18.5. The summed E-state index contributed by atoms with van der Waals surface area (Å²) >= 11 is 0. The maximum atomic E-state index is 10.4. The van der Waals surface area contributed by atoms with E-state index in [4.69, 9.17) is 24.4 Å². The number of fused-ring (bicyclic) bond motifs is 2. The Labute approximate surface area is 192 Å². The Morgan fingerprint density at radius 3 is 2.00 bits per heavy atom. The lowest BCUT2D eigenvalue weighted by molar-refractivity contribution is -0.288.